The van der Waals surface area contributed by atoms with Crippen molar-refractivity contribution in [3.05, 3.63) is 71.9 Å². The van der Waals surface area contributed by atoms with Crippen LogP contribution < -0.4 is 65.5 Å². The third-order valence-corrected chi connectivity index (χ3v) is 12.4. The van der Waals surface area contributed by atoms with Gasteiger partial charge in [0.15, 0.2) is 0 Å². The molecule has 11 amide bonds. The van der Waals surface area contributed by atoms with Gasteiger partial charge in [-0.05, 0) is 67.2 Å². The first-order chi connectivity index (χ1) is 35.4. The molecule has 0 fully saturated rings. The second-order valence-electron chi connectivity index (χ2n) is 18.9. The molecule has 0 aliphatic rings. The Morgan fingerprint density at radius 1 is 0.587 bits per heavy atom. The van der Waals surface area contributed by atoms with E-state index in [9.17, 15) is 52.7 Å². The Balaban J connectivity index is 1.77. The van der Waals surface area contributed by atoms with E-state index in [1.807, 2.05) is 20.1 Å². The van der Waals surface area contributed by atoms with E-state index in [4.69, 9.17) is 22.9 Å². The molecule has 25 heteroatoms. The summed E-state index contributed by atoms with van der Waals surface area (Å²) in [6.45, 7) is 7.66. The molecule has 410 valence electrons. The Morgan fingerprint density at radius 2 is 1.16 bits per heavy atom. The molecule has 75 heavy (non-hydrogen) atoms. The number of rotatable bonds is 32. The number of carbonyl (C=O) groups excluding carboxylic acids is 11. The van der Waals surface area contributed by atoms with Crippen molar-refractivity contribution in [2.45, 2.75) is 128 Å². The van der Waals surface area contributed by atoms with Crippen LogP contribution in [-0.2, 0) is 65.6 Å². The van der Waals surface area contributed by atoms with Gasteiger partial charge in [-0.1, -0.05) is 76.2 Å². The van der Waals surface area contributed by atoms with Gasteiger partial charge >= 0.3 is 0 Å². The van der Waals surface area contributed by atoms with E-state index in [1.165, 1.54) is 18.7 Å². The Bertz CT molecular complexity index is 2490. The number of carbonyl (C=O) groups is 11. The molecule has 1 aromatic heterocycles. The van der Waals surface area contributed by atoms with Crippen molar-refractivity contribution in [3.8, 4) is 0 Å². The van der Waals surface area contributed by atoms with Gasteiger partial charge in [-0.2, -0.15) is 11.8 Å². The van der Waals surface area contributed by atoms with Crippen molar-refractivity contribution in [1.29, 1.82) is 0 Å². The Morgan fingerprint density at radius 3 is 1.77 bits per heavy atom. The van der Waals surface area contributed by atoms with Gasteiger partial charge in [0.2, 0.25) is 65.0 Å². The Kier molecular flexibility index (Phi) is 25.2. The maximum atomic E-state index is 14.1. The number of nitrogens with two attached hydrogens (primary N) is 4. The first-order valence-corrected chi connectivity index (χ1v) is 25.9. The van der Waals surface area contributed by atoms with Crippen molar-refractivity contribution in [2.24, 2.45) is 34.8 Å². The van der Waals surface area contributed by atoms with Crippen LogP contribution in [0.1, 0.15) is 77.8 Å². The zero-order valence-electron chi connectivity index (χ0n) is 43.1. The highest BCUT2D eigenvalue weighted by molar-refractivity contribution is 7.98. The lowest BCUT2D eigenvalue weighted by molar-refractivity contribution is -0.135. The van der Waals surface area contributed by atoms with Gasteiger partial charge in [-0.15, -0.1) is 0 Å². The van der Waals surface area contributed by atoms with E-state index in [2.05, 4.69) is 47.5 Å². The van der Waals surface area contributed by atoms with Gasteiger partial charge in [0, 0.05) is 36.4 Å². The smallest absolute Gasteiger partial charge is 0.243 e. The molecule has 0 saturated carbocycles. The van der Waals surface area contributed by atoms with Crippen molar-refractivity contribution in [1.82, 2.24) is 47.5 Å². The molecule has 0 aliphatic heterocycles. The summed E-state index contributed by atoms with van der Waals surface area (Å²) >= 11 is 1.47. The molecule has 0 spiro atoms. The molecule has 2 aromatic carbocycles. The number of H-pyrrole nitrogens is 1. The van der Waals surface area contributed by atoms with Crippen LogP contribution >= 0.6 is 11.8 Å². The molecular formula is C50H73N13O11S. The van der Waals surface area contributed by atoms with Gasteiger partial charge < -0.3 is 70.5 Å². The molecule has 3 rings (SSSR count). The molecule has 0 aliphatic carbocycles. The molecule has 3 aromatic rings. The number of primary amides is 3. The van der Waals surface area contributed by atoms with Crippen molar-refractivity contribution in [3.63, 3.8) is 0 Å². The van der Waals surface area contributed by atoms with Gasteiger partial charge in [0.1, 0.15) is 42.3 Å². The van der Waals surface area contributed by atoms with Crippen LogP contribution in [0.2, 0.25) is 0 Å². The van der Waals surface area contributed by atoms with Gasteiger partial charge in [0.05, 0.1) is 19.0 Å². The highest BCUT2D eigenvalue weighted by Crippen LogP contribution is 2.20. The van der Waals surface area contributed by atoms with E-state index in [0.717, 1.165) is 5.52 Å². The average Bonchev–Trinajstić information content (AvgIpc) is 3.76. The summed E-state index contributed by atoms with van der Waals surface area (Å²) in [6.07, 6.45) is 2.61. The highest BCUT2D eigenvalue weighted by Gasteiger charge is 2.34. The zero-order valence-corrected chi connectivity index (χ0v) is 43.9. The molecular weight excluding hydrogens is 991 g/mol. The summed E-state index contributed by atoms with van der Waals surface area (Å²) in [5, 5.41) is 21.3. The summed E-state index contributed by atoms with van der Waals surface area (Å²) in [5.41, 5.74) is 23.8. The van der Waals surface area contributed by atoms with Crippen LogP contribution in [0.4, 0.5) is 0 Å². The van der Waals surface area contributed by atoms with E-state index >= 15 is 0 Å². The normalized spacial score (nSPS) is 14.4. The van der Waals surface area contributed by atoms with Crippen LogP contribution in [0.25, 0.3) is 10.9 Å². The summed E-state index contributed by atoms with van der Waals surface area (Å²) < 4.78 is 0. The minimum Gasteiger partial charge on any atom is -0.370 e. The lowest BCUT2D eigenvalue weighted by Crippen LogP contribution is -2.59. The fourth-order valence-corrected chi connectivity index (χ4v) is 8.16. The van der Waals surface area contributed by atoms with Crippen molar-refractivity contribution < 1.29 is 52.7 Å². The molecule has 1 heterocycles. The number of thioether (sulfide) groups is 1. The monoisotopic (exact) mass is 1060 g/mol. The van der Waals surface area contributed by atoms with Crippen LogP contribution in [0.15, 0.2) is 60.8 Å². The van der Waals surface area contributed by atoms with Crippen molar-refractivity contribution >= 4 is 87.6 Å². The topological polar surface area (TPSA) is 404 Å². The maximum absolute atomic E-state index is 14.1. The highest BCUT2D eigenvalue weighted by atomic mass is 32.2. The number of aromatic amines is 1. The minimum absolute atomic E-state index is 0.000168. The SMILES string of the molecule is CSCC[C@H](NC(=O)[C@H](CC(C)C)NC(=O)[C@@H](Cc1ccccc1)NC(=O)CNC(=O)[C@@H](NC(=O)[C@H](C)NC(=O)[C@H](Cc1c[nH]c2ccccc12)NC(=O)[C@H](CCC(N)=O)NC(=O)[C@H](N)CC(N)=O)C(C)C)C(N)=O. The first-order valence-electron chi connectivity index (χ1n) is 24.5. The summed E-state index contributed by atoms with van der Waals surface area (Å²) in [6, 6.07) is 5.74. The van der Waals surface area contributed by atoms with E-state index in [0.29, 0.717) is 22.3 Å². The fourth-order valence-electron chi connectivity index (χ4n) is 7.69. The predicted molar refractivity (Wildman–Crippen MR) is 281 cm³/mol. The minimum atomic E-state index is -1.46. The number of hydrogen-bond acceptors (Lipinski definition) is 13. The number of hydrogen-bond donors (Lipinski definition) is 13. The largest absolute Gasteiger partial charge is 0.370 e. The average molecular weight is 1060 g/mol. The zero-order chi connectivity index (χ0) is 55.9. The molecule has 24 nitrogen and oxygen atoms in total. The lowest BCUT2D eigenvalue weighted by Gasteiger charge is -2.27. The molecule has 17 N–H and O–H groups in total. The predicted octanol–water partition coefficient (Wildman–Crippen LogP) is -2.11. The summed E-state index contributed by atoms with van der Waals surface area (Å²) in [7, 11) is 0. The van der Waals surface area contributed by atoms with Crippen molar-refractivity contribution in [2.75, 3.05) is 18.6 Å². The Labute approximate surface area is 439 Å². The van der Waals surface area contributed by atoms with E-state index in [-0.39, 0.29) is 44.4 Å². The van der Waals surface area contributed by atoms with E-state index in [1.54, 1.807) is 74.6 Å². The number of benzene rings is 2. The van der Waals surface area contributed by atoms with Gasteiger partial charge in [0.25, 0.3) is 0 Å². The molecule has 0 bridgehead atoms. The van der Waals surface area contributed by atoms with Crippen LogP contribution in [0.5, 0.6) is 0 Å². The number of para-hydroxylation sites is 1. The first kappa shape index (κ1) is 61.8. The standard InChI is InChI=1S/C50H73N13O11S/c1-26(2)20-36(48(72)59-34(43(54)67)18-19-75-6)61-49(73)37(21-29-12-8-7-9-13-29)58-41(66)25-56-50(74)42(27(3)4)63-44(68)28(5)57-47(71)38(22-30-24-55-33-15-11-10-14-31(30)33)62-46(70)35(16-17-39(52)64)60-45(69)32(51)23-40(53)65/h7-15,24,26-28,32,34-38,42,55H,16-23,25,51H2,1-6H3,(H2,52,64)(H2,53,65)(H2,54,67)(H,56,74)(H,57,71)(H,58,66)(H,59,72)(H,60,69)(H,61,73)(H,62,70)(H,63,68)/t28-,32+,34-,35-,36-,37+,38-,42-/m0/s1. The molecule has 0 unspecified atom stereocenters. The number of amides is 11. The summed E-state index contributed by atoms with van der Waals surface area (Å²) in [4.78, 5) is 147. The van der Waals surface area contributed by atoms with Gasteiger partial charge in [-0.25, -0.2) is 0 Å². The fraction of sp³-hybridized carbons (Fsp3) is 0.500. The second-order valence-corrected chi connectivity index (χ2v) is 19.9. The molecule has 0 saturated heterocycles. The summed E-state index contributed by atoms with van der Waals surface area (Å²) in [5.74, 6) is -8.90. The van der Waals surface area contributed by atoms with Crippen LogP contribution in [0.3, 0.4) is 0 Å². The number of aromatic nitrogens is 1. The lowest BCUT2D eigenvalue weighted by atomic mass is 10.0. The number of nitrogens with one attached hydrogen (secondary N) is 9. The third kappa shape index (κ3) is 21.1. The van der Waals surface area contributed by atoms with Gasteiger partial charge in [-0.3, -0.25) is 52.7 Å². The van der Waals surface area contributed by atoms with Crippen LogP contribution in [0, 0.1) is 11.8 Å². The van der Waals surface area contributed by atoms with E-state index < -0.39 is 132 Å². The second kappa shape index (κ2) is 30.6. The molecule has 8 atom stereocenters. The number of fused-ring (bicyclic) bond motifs is 1. The third-order valence-electron chi connectivity index (χ3n) is 11.8. The Hall–Kier alpha value is -7.54. The van der Waals surface area contributed by atoms with Crippen LogP contribution in [-0.4, -0.2) is 137 Å². The quantitative estimate of drug-likeness (QED) is 0.0319. The maximum Gasteiger partial charge on any atom is 0.243 e. The molecule has 0 radical (unpaired) electrons.